The average Bonchev–Trinajstić information content (AvgIpc) is 2.88. The number of rotatable bonds is 7. The van der Waals surface area contributed by atoms with Crippen LogP contribution in [0.3, 0.4) is 0 Å². The number of ether oxygens (including phenoxy) is 1. The number of hydrogen-bond acceptors (Lipinski definition) is 4. The lowest BCUT2D eigenvalue weighted by molar-refractivity contribution is 0.104. The topological polar surface area (TPSA) is 33.3 Å². The Kier molecular flexibility index (Phi) is 6.71. The molecule has 0 spiro atoms. The normalized spacial score (nSPS) is 26.5. The summed E-state index contributed by atoms with van der Waals surface area (Å²) in [6.07, 6.45) is 6.96. The maximum atomic E-state index is 5.60. The highest BCUT2D eigenvalue weighted by Crippen LogP contribution is 2.19. The molecule has 0 bridgehead atoms. The molecule has 3 nitrogen and oxygen atoms in total. The lowest BCUT2D eigenvalue weighted by Crippen LogP contribution is -2.30. The Labute approximate surface area is 109 Å². The first-order chi connectivity index (χ1) is 8.45. The Hall–Kier alpha value is 0.230. The zero-order valence-corrected chi connectivity index (χ0v) is 11.6. The molecule has 0 saturated carbocycles. The Balaban J connectivity index is 1.38. The van der Waals surface area contributed by atoms with Gasteiger partial charge in [-0.3, -0.25) is 0 Å². The lowest BCUT2D eigenvalue weighted by Gasteiger charge is -2.22. The standard InChI is InChI=1S/C13H26N2OS/c1-2-12(16-10-1)3-6-15-9-11-17-13-4-7-14-8-5-13/h12-15H,1-11H2. The summed E-state index contributed by atoms with van der Waals surface area (Å²) in [5, 5.41) is 7.85. The molecule has 2 heterocycles. The monoisotopic (exact) mass is 258 g/mol. The van der Waals surface area contributed by atoms with Gasteiger partial charge in [0.2, 0.25) is 0 Å². The Morgan fingerprint density at radius 1 is 1.18 bits per heavy atom. The molecule has 2 saturated heterocycles. The molecule has 0 aliphatic carbocycles. The third-order valence-corrected chi connectivity index (χ3v) is 4.97. The third-order valence-electron chi connectivity index (χ3n) is 3.59. The molecule has 1 atom stereocenters. The quantitative estimate of drug-likeness (QED) is 0.680. The molecule has 2 fully saturated rings. The van der Waals surface area contributed by atoms with E-state index < -0.39 is 0 Å². The van der Waals surface area contributed by atoms with Gasteiger partial charge in [0.25, 0.3) is 0 Å². The van der Waals surface area contributed by atoms with Crippen molar-refractivity contribution in [3.05, 3.63) is 0 Å². The number of hydrogen-bond donors (Lipinski definition) is 2. The minimum absolute atomic E-state index is 0.541. The van der Waals surface area contributed by atoms with Crippen molar-refractivity contribution in [2.75, 3.05) is 38.5 Å². The summed E-state index contributed by atoms with van der Waals surface area (Å²) < 4.78 is 5.60. The fraction of sp³-hybridized carbons (Fsp3) is 1.00. The molecule has 0 amide bonds. The molecule has 17 heavy (non-hydrogen) atoms. The van der Waals surface area contributed by atoms with Gasteiger partial charge in [-0.2, -0.15) is 11.8 Å². The zero-order chi connectivity index (χ0) is 11.8. The smallest absolute Gasteiger partial charge is 0.0588 e. The van der Waals surface area contributed by atoms with Crippen molar-refractivity contribution in [3.63, 3.8) is 0 Å². The maximum Gasteiger partial charge on any atom is 0.0588 e. The highest BCUT2D eigenvalue weighted by Gasteiger charge is 2.14. The van der Waals surface area contributed by atoms with Gasteiger partial charge in [-0.1, -0.05) is 0 Å². The summed E-state index contributed by atoms with van der Waals surface area (Å²) in [7, 11) is 0. The fourth-order valence-electron chi connectivity index (χ4n) is 2.52. The molecular formula is C13H26N2OS. The van der Waals surface area contributed by atoms with Crippen LogP contribution in [0.15, 0.2) is 0 Å². The maximum absolute atomic E-state index is 5.60. The first-order valence-electron chi connectivity index (χ1n) is 7.10. The number of piperidine rings is 1. The minimum atomic E-state index is 0.541. The predicted octanol–water partition coefficient (Wildman–Crippen LogP) is 1.63. The van der Waals surface area contributed by atoms with Crippen LogP contribution in [0.5, 0.6) is 0 Å². The molecule has 2 N–H and O–H groups in total. The van der Waals surface area contributed by atoms with Crippen LogP contribution < -0.4 is 10.6 Å². The Morgan fingerprint density at radius 2 is 2.06 bits per heavy atom. The van der Waals surface area contributed by atoms with Crippen molar-refractivity contribution in [2.45, 2.75) is 43.5 Å². The summed E-state index contributed by atoms with van der Waals surface area (Å²) in [6.45, 7) is 5.68. The zero-order valence-electron chi connectivity index (χ0n) is 10.7. The van der Waals surface area contributed by atoms with Gasteiger partial charge < -0.3 is 15.4 Å². The fourth-order valence-corrected chi connectivity index (χ4v) is 3.68. The molecule has 2 aliphatic heterocycles. The van der Waals surface area contributed by atoms with Crippen LogP contribution in [-0.4, -0.2) is 49.9 Å². The molecule has 0 aromatic carbocycles. The van der Waals surface area contributed by atoms with E-state index in [4.69, 9.17) is 4.74 Å². The highest BCUT2D eigenvalue weighted by molar-refractivity contribution is 7.99. The number of thioether (sulfide) groups is 1. The van der Waals surface area contributed by atoms with E-state index in [-0.39, 0.29) is 0 Å². The van der Waals surface area contributed by atoms with Crippen molar-refractivity contribution >= 4 is 11.8 Å². The van der Waals surface area contributed by atoms with Gasteiger partial charge in [0.15, 0.2) is 0 Å². The Bertz CT molecular complexity index is 192. The van der Waals surface area contributed by atoms with E-state index in [9.17, 15) is 0 Å². The van der Waals surface area contributed by atoms with Gasteiger partial charge in [0.1, 0.15) is 0 Å². The van der Waals surface area contributed by atoms with Gasteiger partial charge in [-0.05, 0) is 51.7 Å². The molecule has 0 aromatic rings. The van der Waals surface area contributed by atoms with Crippen molar-refractivity contribution in [1.29, 1.82) is 0 Å². The van der Waals surface area contributed by atoms with E-state index in [0.717, 1.165) is 24.9 Å². The second-order valence-corrected chi connectivity index (χ2v) is 6.40. The molecule has 1 unspecified atom stereocenters. The Morgan fingerprint density at radius 3 is 2.82 bits per heavy atom. The summed E-state index contributed by atoms with van der Waals surface area (Å²) in [5.74, 6) is 1.26. The molecule has 0 aromatic heterocycles. The summed E-state index contributed by atoms with van der Waals surface area (Å²) in [4.78, 5) is 0. The van der Waals surface area contributed by atoms with Crippen LogP contribution in [0, 0.1) is 0 Å². The van der Waals surface area contributed by atoms with Gasteiger partial charge >= 0.3 is 0 Å². The van der Waals surface area contributed by atoms with Crippen LogP contribution in [0.4, 0.5) is 0 Å². The van der Waals surface area contributed by atoms with Crippen molar-refractivity contribution in [2.24, 2.45) is 0 Å². The second-order valence-electron chi connectivity index (χ2n) is 4.99. The highest BCUT2D eigenvalue weighted by atomic mass is 32.2. The molecular weight excluding hydrogens is 232 g/mol. The molecule has 100 valence electrons. The minimum Gasteiger partial charge on any atom is -0.378 e. The molecule has 0 radical (unpaired) electrons. The van der Waals surface area contributed by atoms with Crippen molar-refractivity contribution in [3.8, 4) is 0 Å². The van der Waals surface area contributed by atoms with Crippen LogP contribution in [0.2, 0.25) is 0 Å². The summed E-state index contributed by atoms with van der Waals surface area (Å²) in [5.41, 5.74) is 0. The van der Waals surface area contributed by atoms with E-state index >= 15 is 0 Å². The average molecular weight is 258 g/mol. The van der Waals surface area contributed by atoms with E-state index in [1.165, 1.54) is 50.9 Å². The number of nitrogens with one attached hydrogen (secondary N) is 2. The second kappa shape index (κ2) is 8.35. The van der Waals surface area contributed by atoms with E-state index in [1.807, 2.05) is 0 Å². The first-order valence-corrected chi connectivity index (χ1v) is 8.14. The van der Waals surface area contributed by atoms with E-state index in [1.54, 1.807) is 0 Å². The van der Waals surface area contributed by atoms with Gasteiger partial charge in [0, 0.05) is 24.2 Å². The van der Waals surface area contributed by atoms with Crippen molar-refractivity contribution < 1.29 is 4.74 Å². The van der Waals surface area contributed by atoms with Crippen LogP contribution in [0.25, 0.3) is 0 Å². The summed E-state index contributed by atoms with van der Waals surface area (Å²) in [6, 6.07) is 0. The van der Waals surface area contributed by atoms with Crippen LogP contribution in [-0.2, 0) is 4.74 Å². The van der Waals surface area contributed by atoms with Crippen molar-refractivity contribution in [1.82, 2.24) is 10.6 Å². The van der Waals surface area contributed by atoms with Gasteiger partial charge in [-0.25, -0.2) is 0 Å². The van der Waals surface area contributed by atoms with Gasteiger partial charge in [-0.15, -0.1) is 0 Å². The third kappa shape index (κ3) is 5.60. The predicted molar refractivity (Wildman–Crippen MR) is 74.8 cm³/mol. The van der Waals surface area contributed by atoms with Crippen LogP contribution >= 0.6 is 11.8 Å². The van der Waals surface area contributed by atoms with E-state index in [2.05, 4.69) is 22.4 Å². The molecule has 4 heteroatoms. The van der Waals surface area contributed by atoms with Crippen LogP contribution in [0.1, 0.15) is 32.1 Å². The molecule has 2 aliphatic rings. The van der Waals surface area contributed by atoms with Gasteiger partial charge in [0.05, 0.1) is 6.10 Å². The largest absolute Gasteiger partial charge is 0.378 e. The SMILES string of the molecule is C1COC(CCNCCSC2CCNCC2)C1. The molecule has 2 rings (SSSR count). The van der Waals surface area contributed by atoms with E-state index in [0.29, 0.717) is 6.10 Å². The summed E-state index contributed by atoms with van der Waals surface area (Å²) >= 11 is 2.15. The lowest BCUT2D eigenvalue weighted by atomic mass is 10.2. The first kappa shape index (κ1) is 13.7.